The van der Waals surface area contributed by atoms with Gasteiger partial charge < -0.3 is 5.32 Å². The second-order valence-corrected chi connectivity index (χ2v) is 5.46. The molecule has 2 unspecified atom stereocenters. The Morgan fingerprint density at radius 1 is 0.938 bits per heavy atom. The zero-order chi connectivity index (χ0) is 11.6. The first-order chi connectivity index (χ1) is 7.88. The molecule has 1 aliphatic rings. The molecular weight excluding hydrogens is 194 g/mol. The van der Waals surface area contributed by atoms with Crippen molar-refractivity contribution in [1.29, 1.82) is 0 Å². The van der Waals surface area contributed by atoms with E-state index >= 15 is 0 Å². The maximum absolute atomic E-state index is 3.53. The molecule has 1 saturated carbocycles. The summed E-state index contributed by atoms with van der Waals surface area (Å²) in [6.45, 7) is 6.92. The summed E-state index contributed by atoms with van der Waals surface area (Å²) in [5.74, 6) is 2.03. The second kappa shape index (κ2) is 9.04. The molecule has 0 spiro atoms. The third kappa shape index (κ3) is 5.34. The van der Waals surface area contributed by atoms with Gasteiger partial charge in [0, 0.05) is 0 Å². The molecule has 1 N–H and O–H groups in total. The molecule has 0 saturated heterocycles. The van der Waals surface area contributed by atoms with Crippen molar-refractivity contribution >= 4 is 0 Å². The van der Waals surface area contributed by atoms with Crippen LogP contribution in [0.15, 0.2) is 0 Å². The van der Waals surface area contributed by atoms with Crippen LogP contribution in [0.1, 0.15) is 71.6 Å². The topological polar surface area (TPSA) is 12.0 Å². The van der Waals surface area contributed by atoms with Gasteiger partial charge in [0.15, 0.2) is 0 Å². The van der Waals surface area contributed by atoms with Crippen LogP contribution in [0.2, 0.25) is 0 Å². The van der Waals surface area contributed by atoms with Gasteiger partial charge in [-0.3, -0.25) is 0 Å². The van der Waals surface area contributed by atoms with Gasteiger partial charge in [-0.15, -0.1) is 0 Å². The van der Waals surface area contributed by atoms with E-state index in [1.165, 1.54) is 64.3 Å². The van der Waals surface area contributed by atoms with Crippen molar-refractivity contribution in [2.75, 3.05) is 13.1 Å². The molecule has 0 aromatic rings. The normalized spacial score (nSPS) is 25.1. The van der Waals surface area contributed by atoms with Crippen LogP contribution in [0.3, 0.4) is 0 Å². The summed E-state index contributed by atoms with van der Waals surface area (Å²) in [5, 5.41) is 3.53. The number of hydrogen-bond acceptors (Lipinski definition) is 1. The molecule has 1 aliphatic carbocycles. The first kappa shape index (κ1) is 14.0. The highest BCUT2D eigenvalue weighted by atomic mass is 14.8. The smallest absolute Gasteiger partial charge is 0.00180 e. The largest absolute Gasteiger partial charge is 0.317 e. The van der Waals surface area contributed by atoms with Crippen LogP contribution in [0.25, 0.3) is 0 Å². The molecule has 1 fully saturated rings. The Bertz CT molecular complexity index is 156. The number of rotatable bonds is 9. The van der Waals surface area contributed by atoms with E-state index < -0.39 is 0 Å². The minimum absolute atomic E-state index is 0.992. The summed E-state index contributed by atoms with van der Waals surface area (Å²) < 4.78 is 0. The van der Waals surface area contributed by atoms with Gasteiger partial charge in [0.2, 0.25) is 0 Å². The van der Waals surface area contributed by atoms with Crippen molar-refractivity contribution in [3.63, 3.8) is 0 Å². The van der Waals surface area contributed by atoms with Gasteiger partial charge in [-0.05, 0) is 31.3 Å². The molecule has 0 aliphatic heterocycles. The molecular formula is C15H31N. The van der Waals surface area contributed by atoms with Gasteiger partial charge in [0.1, 0.15) is 0 Å². The maximum Gasteiger partial charge on any atom is -0.00180 e. The quantitative estimate of drug-likeness (QED) is 0.574. The first-order valence-electron chi connectivity index (χ1n) is 7.59. The lowest BCUT2D eigenvalue weighted by atomic mass is 9.90. The molecule has 1 rings (SSSR count). The van der Waals surface area contributed by atoms with Gasteiger partial charge in [-0.1, -0.05) is 65.2 Å². The average Bonchev–Trinajstić information content (AvgIpc) is 2.74. The minimum atomic E-state index is 0.992. The van der Waals surface area contributed by atoms with Gasteiger partial charge in [0.25, 0.3) is 0 Å². The molecule has 0 aromatic heterocycles. The summed E-state index contributed by atoms with van der Waals surface area (Å²) >= 11 is 0. The van der Waals surface area contributed by atoms with Crippen molar-refractivity contribution in [1.82, 2.24) is 5.32 Å². The van der Waals surface area contributed by atoms with E-state index in [4.69, 9.17) is 0 Å². The lowest BCUT2D eigenvalue weighted by molar-refractivity contribution is 0.338. The monoisotopic (exact) mass is 225 g/mol. The number of nitrogens with one attached hydrogen (secondary N) is 1. The molecule has 2 atom stereocenters. The molecule has 0 amide bonds. The fourth-order valence-corrected chi connectivity index (χ4v) is 3.10. The Morgan fingerprint density at radius 3 is 2.44 bits per heavy atom. The Balaban J connectivity index is 2.05. The summed E-state index contributed by atoms with van der Waals surface area (Å²) in [7, 11) is 0. The number of hydrogen-bond donors (Lipinski definition) is 1. The maximum atomic E-state index is 3.53. The van der Waals surface area contributed by atoms with Gasteiger partial charge in [-0.2, -0.15) is 0 Å². The zero-order valence-electron chi connectivity index (χ0n) is 11.4. The molecule has 1 heteroatoms. The Hall–Kier alpha value is -0.0400. The minimum Gasteiger partial charge on any atom is -0.317 e. The van der Waals surface area contributed by atoms with E-state index in [0.717, 1.165) is 18.4 Å². The van der Waals surface area contributed by atoms with Crippen LogP contribution in [0.4, 0.5) is 0 Å². The van der Waals surface area contributed by atoms with Crippen LogP contribution in [-0.2, 0) is 0 Å². The predicted octanol–water partition coefficient (Wildman–Crippen LogP) is 4.37. The second-order valence-electron chi connectivity index (χ2n) is 5.46. The third-order valence-corrected chi connectivity index (χ3v) is 4.15. The van der Waals surface area contributed by atoms with Crippen LogP contribution in [0.5, 0.6) is 0 Å². The molecule has 96 valence electrons. The van der Waals surface area contributed by atoms with E-state index in [1.807, 2.05) is 0 Å². The van der Waals surface area contributed by atoms with E-state index in [9.17, 15) is 0 Å². The van der Waals surface area contributed by atoms with E-state index in [1.54, 1.807) is 0 Å². The van der Waals surface area contributed by atoms with Crippen molar-refractivity contribution < 1.29 is 0 Å². The van der Waals surface area contributed by atoms with Crippen LogP contribution in [0, 0.1) is 11.8 Å². The standard InChI is InChI=1S/C15H31N/c1-3-5-6-7-8-10-14-11-9-12-15(14)13-16-4-2/h14-16H,3-13H2,1-2H3. The summed E-state index contributed by atoms with van der Waals surface area (Å²) in [4.78, 5) is 0. The van der Waals surface area contributed by atoms with Crippen molar-refractivity contribution in [2.45, 2.75) is 71.6 Å². The SMILES string of the molecule is CCCCCCCC1CCCC1CNCC. The lowest BCUT2D eigenvalue weighted by Gasteiger charge is -2.19. The number of unbranched alkanes of at least 4 members (excludes halogenated alkanes) is 4. The third-order valence-electron chi connectivity index (χ3n) is 4.15. The molecule has 0 aromatic carbocycles. The molecule has 1 nitrogen and oxygen atoms in total. The van der Waals surface area contributed by atoms with E-state index in [-0.39, 0.29) is 0 Å². The Kier molecular flexibility index (Phi) is 7.92. The average molecular weight is 225 g/mol. The summed E-state index contributed by atoms with van der Waals surface area (Å²) in [6, 6.07) is 0. The van der Waals surface area contributed by atoms with E-state index in [2.05, 4.69) is 19.2 Å². The first-order valence-corrected chi connectivity index (χ1v) is 7.59. The molecule has 0 heterocycles. The van der Waals surface area contributed by atoms with Crippen LogP contribution < -0.4 is 5.32 Å². The highest BCUT2D eigenvalue weighted by molar-refractivity contribution is 4.78. The van der Waals surface area contributed by atoms with Gasteiger partial charge in [0.05, 0.1) is 0 Å². The molecule has 0 radical (unpaired) electrons. The lowest BCUT2D eigenvalue weighted by Crippen LogP contribution is -2.25. The predicted molar refractivity (Wildman–Crippen MR) is 72.8 cm³/mol. The zero-order valence-corrected chi connectivity index (χ0v) is 11.4. The van der Waals surface area contributed by atoms with E-state index in [0.29, 0.717) is 0 Å². The highest BCUT2D eigenvalue weighted by Crippen LogP contribution is 2.34. The van der Waals surface area contributed by atoms with Gasteiger partial charge in [-0.25, -0.2) is 0 Å². The van der Waals surface area contributed by atoms with Crippen LogP contribution >= 0.6 is 0 Å². The van der Waals surface area contributed by atoms with Crippen LogP contribution in [-0.4, -0.2) is 13.1 Å². The molecule has 16 heavy (non-hydrogen) atoms. The fraction of sp³-hybridized carbons (Fsp3) is 1.00. The summed E-state index contributed by atoms with van der Waals surface area (Å²) in [5.41, 5.74) is 0. The molecule has 0 bridgehead atoms. The fourth-order valence-electron chi connectivity index (χ4n) is 3.10. The van der Waals surface area contributed by atoms with Crippen molar-refractivity contribution in [3.8, 4) is 0 Å². The summed E-state index contributed by atoms with van der Waals surface area (Å²) in [6.07, 6.45) is 13.2. The van der Waals surface area contributed by atoms with Gasteiger partial charge >= 0.3 is 0 Å². The van der Waals surface area contributed by atoms with Crippen molar-refractivity contribution in [2.24, 2.45) is 11.8 Å². The Morgan fingerprint density at radius 2 is 1.69 bits per heavy atom. The Labute approximate surface area is 102 Å². The highest BCUT2D eigenvalue weighted by Gasteiger charge is 2.25. The van der Waals surface area contributed by atoms with Crippen molar-refractivity contribution in [3.05, 3.63) is 0 Å².